The lowest BCUT2D eigenvalue weighted by molar-refractivity contribution is -0.385. The van der Waals surface area contributed by atoms with Crippen molar-refractivity contribution in [2.24, 2.45) is 0 Å². The van der Waals surface area contributed by atoms with Gasteiger partial charge in [-0.2, -0.15) is 9.37 Å². The highest BCUT2D eigenvalue weighted by Crippen LogP contribution is 2.33. The van der Waals surface area contributed by atoms with Gasteiger partial charge < -0.3 is 10.1 Å². The fourth-order valence-corrected chi connectivity index (χ4v) is 1.72. The minimum atomic E-state index is -0.818. The molecule has 0 aliphatic carbocycles. The Hall–Kier alpha value is -2.29. The van der Waals surface area contributed by atoms with Gasteiger partial charge in [0.15, 0.2) is 0 Å². The van der Waals surface area contributed by atoms with Gasteiger partial charge in [0.1, 0.15) is 0 Å². The minimum absolute atomic E-state index is 0.113. The second-order valence-corrected chi connectivity index (χ2v) is 4.48. The molecular formula is C11H8BrFN4O3. The van der Waals surface area contributed by atoms with Crippen LogP contribution in [0.3, 0.4) is 0 Å². The third kappa shape index (κ3) is 2.99. The van der Waals surface area contributed by atoms with Gasteiger partial charge in [0.25, 0.3) is 5.88 Å². The highest BCUT2D eigenvalue weighted by atomic mass is 79.9. The van der Waals surface area contributed by atoms with E-state index in [1.807, 2.05) is 0 Å². The van der Waals surface area contributed by atoms with Gasteiger partial charge in [-0.3, -0.25) is 10.1 Å². The molecule has 7 nitrogen and oxygen atoms in total. The molecule has 1 aromatic heterocycles. The molecule has 1 aromatic carbocycles. The summed E-state index contributed by atoms with van der Waals surface area (Å²) in [5.74, 6) is -1.19. The van der Waals surface area contributed by atoms with Crippen LogP contribution < -0.4 is 10.1 Å². The zero-order valence-electron chi connectivity index (χ0n) is 10.1. The fourth-order valence-electron chi connectivity index (χ4n) is 1.37. The average Bonchev–Trinajstić information content (AvgIpc) is 2.42. The SMILES string of the molecule is CNc1ncc(F)c(Oc2ccc(Br)cc2[N+](=O)[O-])n1. The Labute approximate surface area is 121 Å². The number of halogens is 2. The predicted octanol–water partition coefficient (Wildman–Crippen LogP) is 3.12. The standard InChI is InChI=1S/C11H8BrFN4O3/c1-14-11-15-5-7(13)10(16-11)20-9-3-2-6(12)4-8(9)17(18)19/h2-5H,1H3,(H,14,15,16). The van der Waals surface area contributed by atoms with Crippen LogP contribution in [0.25, 0.3) is 0 Å². The van der Waals surface area contributed by atoms with Crippen molar-refractivity contribution in [3.05, 3.63) is 44.8 Å². The summed E-state index contributed by atoms with van der Waals surface area (Å²) in [7, 11) is 1.55. The van der Waals surface area contributed by atoms with Crippen LogP contribution in [0, 0.1) is 15.9 Å². The first-order chi connectivity index (χ1) is 9.51. The predicted molar refractivity (Wildman–Crippen MR) is 72.4 cm³/mol. The van der Waals surface area contributed by atoms with Crippen LogP contribution >= 0.6 is 15.9 Å². The van der Waals surface area contributed by atoms with Crippen LogP contribution in [-0.2, 0) is 0 Å². The van der Waals surface area contributed by atoms with Crippen LogP contribution in [0.5, 0.6) is 11.6 Å². The van der Waals surface area contributed by atoms with Crippen LogP contribution in [-0.4, -0.2) is 21.9 Å². The molecule has 0 radical (unpaired) electrons. The van der Waals surface area contributed by atoms with E-state index in [1.54, 1.807) is 13.1 Å². The molecule has 9 heteroatoms. The normalized spacial score (nSPS) is 10.2. The van der Waals surface area contributed by atoms with Gasteiger partial charge in [-0.1, -0.05) is 15.9 Å². The molecule has 0 fully saturated rings. The van der Waals surface area contributed by atoms with Crippen molar-refractivity contribution in [1.29, 1.82) is 0 Å². The first-order valence-electron chi connectivity index (χ1n) is 5.33. The van der Waals surface area contributed by atoms with E-state index in [1.165, 1.54) is 12.1 Å². The Bertz CT molecular complexity index is 668. The number of nitro groups is 1. The molecule has 1 N–H and O–H groups in total. The number of hydrogen-bond acceptors (Lipinski definition) is 6. The Morgan fingerprint density at radius 3 is 2.90 bits per heavy atom. The van der Waals surface area contributed by atoms with Crippen molar-refractivity contribution in [2.75, 3.05) is 12.4 Å². The maximum absolute atomic E-state index is 13.5. The van der Waals surface area contributed by atoms with E-state index in [4.69, 9.17) is 4.74 Å². The molecule has 0 atom stereocenters. The van der Waals surface area contributed by atoms with Crippen LogP contribution in [0.15, 0.2) is 28.9 Å². The van der Waals surface area contributed by atoms with Gasteiger partial charge in [-0.15, -0.1) is 0 Å². The lowest BCUT2D eigenvalue weighted by Crippen LogP contribution is -2.01. The summed E-state index contributed by atoms with van der Waals surface area (Å²) in [6.45, 7) is 0. The number of nitrogens with one attached hydrogen (secondary N) is 1. The van der Waals surface area contributed by atoms with Crippen molar-refractivity contribution in [3.63, 3.8) is 0 Å². The number of aromatic nitrogens is 2. The van der Waals surface area contributed by atoms with Gasteiger partial charge in [-0.25, -0.2) is 4.98 Å². The number of hydrogen-bond donors (Lipinski definition) is 1. The lowest BCUT2D eigenvalue weighted by atomic mass is 10.3. The molecule has 1 heterocycles. The summed E-state index contributed by atoms with van der Waals surface area (Å²) >= 11 is 3.12. The van der Waals surface area contributed by atoms with Crippen molar-refractivity contribution in [2.45, 2.75) is 0 Å². The van der Waals surface area contributed by atoms with Crippen molar-refractivity contribution in [1.82, 2.24) is 9.97 Å². The molecule has 0 spiro atoms. The highest BCUT2D eigenvalue weighted by Gasteiger charge is 2.19. The molecule has 0 bridgehead atoms. The molecule has 0 aliphatic rings. The van der Waals surface area contributed by atoms with E-state index in [2.05, 4.69) is 31.2 Å². The van der Waals surface area contributed by atoms with Crippen LogP contribution in [0.2, 0.25) is 0 Å². The molecular weight excluding hydrogens is 335 g/mol. The summed E-state index contributed by atoms with van der Waals surface area (Å²) in [5.41, 5.74) is -0.302. The van der Waals surface area contributed by atoms with Crippen molar-refractivity contribution >= 4 is 27.6 Å². The second kappa shape index (κ2) is 5.78. The van der Waals surface area contributed by atoms with Crippen molar-refractivity contribution < 1.29 is 14.1 Å². The topological polar surface area (TPSA) is 90.2 Å². The molecule has 0 saturated carbocycles. The molecule has 2 rings (SSSR count). The Kier molecular flexibility index (Phi) is 4.08. The van der Waals surface area contributed by atoms with E-state index in [-0.39, 0.29) is 17.4 Å². The van der Waals surface area contributed by atoms with E-state index >= 15 is 0 Å². The molecule has 2 aromatic rings. The third-order valence-corrected chi connectivity index (χ3v) is 2.75. The number of rotatable bonds is 4. The van der Waals surface area contributed by atoms with Gasteiger partial charge in [0, 0.05) is 17.6 Å². The summed E-state index contributed by atoms with van der Waals surface area (Å²) < 4.78 is 19.2. The Morgan fingerprint density at radius 2 is 2.25 bits per heavy atom. The second-order valence-electron chi connectivity index (χ2n) is 3.57. The van der Waals surface area contributed by atoms with Crippen molar-refractivity contribution in [3.8, 4) is 11.6 Å². The lowest BCUT2D eigenvalue weighted by Gasteiger charge is -2.07. The molecule has 0 unspecified atom stereocenters. The first-order valence-corrected chi connectivity index (χ1v) is 6.12. The number of anilines is 1. The van der Waals surface area contributed by atoms with E-state index < -0.39 is 16.6 Å². The van der Waals surface area contributed by atoms with E-state index in [9.17, 15) is 14.5 Å². The molecule has 20 heavy (non-hydrogen) atoms. The number of benzene rings is 1. The maximum atomic E-state index is 13.5. The summed E-state index contributed by atoms with van der Waals surface area (Å²) in [5, 5.41) is 13.6. The fraction of sp³-hybridized carbons (Fsp3) is 0.0909. The Balaban J connectivity index is 2.42. The molecule has 0 aliphatic heterocycles. The number of ether oxygens (including phenoxy) is 1. The zero-order chi connectivity index (χ0) is 14.7. The first kappa shape index (κ1) is 14.1. The van der Waals surface area contributed by atoms with E-state index in [0.717, 1.165) is 6.20 Å². The average molecular weight is 343 g/mol. The monoisotopic (exact) mass is 342 g/mol. The summed E-state index contributed by atoms with van der Waals surface area (Å²) in [4.78, 5) is 17.7. The smallest absolute Gasteiger partial charge is 0.312 e. The van der Waals surface area contributed by atoms with Gasteiger partial charge in [0.05, 0.1) is 11.1 Å². The highest BCUT2D eigenvalue weighted by molar-refractivity contribution is 9.10. The van der Waals surface area contributed by atoms with Gasteiger partial charge in [-0.05, 0) is 12.1 Å². The molecule has 104 valence electrons. The number of nitro benzene ring substituents is 1. The van der Waals surface area contributed by atoms with Gasteiger partial charge >= 0.3 is 5.69 Å². The minimum Gasteiger partial charge on any atom is -0.429 e. The third-order valence-electron chi connectivity index (χ3n) is 2.26. The summed E-state index contributed by atoms with van der Waals surface area (Å²) in [6.07, 6.45) is 0.916. The largest absolute Gasteiger partial charge is 0.429 e. The van der Waals surface area contributed by atoms with Crippen LogP contribution in [0.1, 0.15) is 0 Å². The van der Waals surface area contributed by atoms with Crippen LogP contribution in [0.4, 0.5) is 16.0 Å². The quantitative estimate of drug-likeness (QED) is 0.678. The number of nitrogens with zero attached hydrogens (tertiary/aromatic N) is 3. The molecule has 0 amide bonds. The van der Waals surface area contributed by atoms with Gasteiger partial charge in [0.2, 0.25) is 17.5 Å². The maximum Gasteiger partial charge on any atom is 0.312 e. The Morgan fingerprint density at radius 1 is 1.50 bits per heavy atom. The molecule has 0 saturated heterocycles. The zero-order valence-corrected chi connectivity index (χ0v) is 11.7. The summed E-state index contributed by atoms with van der Waals surface area (Å²) in [6, 6.07) is 4.15. The van der Waals surface area contributed by atoms with E-state index in [0.29, 0.717) is 4.47 Å².